The van der Waals surface area contributed by atoms with Gasteiger partial charge in [-0.2, -0.15) is 0 Å². The molecule has 168 valence electrons. The molecule has 0 aromatic heterocycles. The lowest BCUT2D eigenvalue weighted by Gasteiger charge is -2.20. The second-order valence-electron chi connectivity index (χ2n) is 9.28. The first-order chi connectivity index (χ1) is 17.9. The molecule has 7 rings (SSSR count). The highest BCUT2D eigenvalue weighted by Gasteiger charge is 2.19. The number of hydrogen-bond donors (Lipinski definition) is 0. The lowest BCUT2D eigenvalue weighted by Crippen LogP contribution is -1.93. The lowest BCUT2D eigenvalue weighted by molar-refractivity contribution is 1.63. The first-order valence-corrected chi connectivity index (χ1v) is 12.5. The van der Waals surface area contributed by atoms with Crippen LogP contribution in [0.15, 0.2) is 146 Å². The predicted molar refractivity (Wildman–Crippen MR) is 155 cm³/mol. The summed E-state index contributed by atoms with van der Waals surface area (Å²) < 4.78 is 0. The van der Waals surface area contributed by atoms with Gasteiger partial charge in [-0.3, -0.25) is 0 Å². The van der Waals surface area contributed by atoms with Gasteiger partial charge in [0.1, 0.15) is 0 Å². The van der Waals surface area contributed by atoms with Gasteiger partial charge in [-0.25, -0.2) is 0 Å². The van der Waals surface area contributed by atoms with Crippen LogP contribution in [0.4, 0.5) is 0 Å². The maximum absolute atomic E-state index is 2.32. The van der Waals surface area contributed by atoms with Gasteiger partial charge < -0.3 is 0 Å². The molecule has 7 aromatic rings. The number of rotatable bonds is 3. The molecule has 0 spiro atoms. The minimum atomic E-state index is 1.24. The molecule has 0 radical (unpaired) electrons. The predicted octanol–water partition coefficient (Wildman–Crippen LogP) is 10.1. The number of benzene rings is 7. The molecule has 0 atom stereocenters. The van der Waals surface area contributed by atoms with Gasteiger partial charge in [0.2, 0.25) is 0 Å². The Morgan fingerprint density at radius 2 is 0.667 bits per heavy atom. The summed E-state index contributed by atoms with van der Waals surface area (Å²) in [4.78, 5) is 0. The second-order valence-corrected chi connectivity index (χ2v) is 9.28. The van der Waals surface area contributed by atoms with E-state index in [0.717, 1.165) is 0 Å². The maximum Gasteiger partial charge on any atom is -0.00199 e. The summed E-state index contributed by atoms with van der Waals surface area (Å²) in [6.07, 6.45) is 0. The summed E-state index contributed by atoms with van der Waals surface area (Å²) in [6.45, 7) is 0. The number of fused-ring (bicyclic) bond motifs is 3. The SMILES string of the molecule is c1ccc(-c2c(-c3c4ccccc4c(-c4ccccc4)c4ccccc34)ccc3ccccc23)cc1. The third kappa shape index (κ3) is 3.23. The van der Waals surface area contributed by atoms with E-state index in [1.807, 2.05) is 0 Å². The molecule has 0 saturated heterocycles. The van der Waals surface area contributed by atoms with Crippen LogP contribution in [-0.2, 0) is 0 Å². The molecule has 36 heavy (non-hydrogen) atoms. The first kappa shape index (κ1) is 20.7. The summed E-state index contributed by atoms with van der Waals surface area (Å²) >= 11 is 0. The Labute approximate surface area is 211 Å². The quantitative estimate of drug-likeness (QED) is 0.232. The molecule has 7 aromatic carbocycles. The summed E-state index contributed by atoms with van der Waals surface area (Å²) in [5.74, 6) is 0. The molecule has 0 amide bonds. The Morgan fingerprint density at radius 3 is 1.22 bits per heavy atom. The highest BCUT2D eigenvalue weighted by molar-refractivity contribution is 6.23. The van der Waals surface area contributed by atoms with Crippen molar-refractivity contribution in [3.05, 3.63) is 146 Å². The Kier molecular flexibility index (Phi) is 4.89. The highest BCUT2D eigenvalue weighted by Crippen LogP contribution is 2.47. The van der Waals surface area contributed by atoms with Gasteiger partial charge in [-0.15, -0.1) is 0 Å². The van der Waals surface area contributed by atoms with Crippen LogP contribution in [0, 0.1) is 0 Å². The minimum Gasteiger partial charge on any atom is -0.0622 e. The Bertz CT molecular complexity index is 1810. The van der Waals surface area contributed by atoms with Crippen molar-refractivity contribution < 1.29 is 0 Å². The zero-order valence-corrected chi connectivity index (χ0v) is 19.9. The van der Waals surface area contributed by atoms with Crippen molar-refractivity contribution in [3.63, 3.8) is 0 Å². The van der Waals surface area contributed by atoms with Crippen LogP contribution in [0.25, 0.3) is 65.7 Å². The van der Waals surface area contributed by atoms with Crippen molar-refractivity contribution >= 4 is 32.3 Å². The van der Waals surface area contributed by atoms with Crippen molar-refractivity contribution in [2.24, 2.45) is 0 Å². The molecule has 0 saturated carbocycles. The standard InChI is InChI=1S/C36H24/c1-3-14-26(15-4-1)34-28-18-8-7-13-25(28)23-24-33(34)36-31-21-11-9-19-29(31)35(27-16-5-2-6-17-27)30-20-10-12-22-32(30)36/h1-24H. The number of hydrogen-bond acceptors (Lipinski definition) is 0. The normalized spacial score (nSPS) is 11.3. The van der Waals surface area contributed by atoms with E-state index in [0.29, 0.717) is 0 Å². The maximum atomic E-state index is 2.32. The van der Waals surface area contributed by atoms with Crippen molar-refractivity contribution in [2.75, 3.05) is 0 Å². The fourth-order valence-electron chi connectivity index (χ4n) is 5.73. The largest absolute Gasteiger partial charge is 0.0622 e. The van der Waals surface area contributed by atoms with Crippen molar-refractivity contribution in [1.29, 1.82) is 0 Å². The van der Waals surface area contributed by atoms with Gasteiger partial charge in [0.25, 0.3) is 0 Å². The molecule has 0 aliphatic rings. The lowest BCUT2D eigenvalue weighted by atomic mass is 9.82. The average Bonchev–Trinajstić information content (AvgIpc) is 2.96. The van der Waals surface area contributed by atoms with E-state index < -0.39 is 0 Å². The van der Waals surface area contributed by atoms with Crippen LogP contribution < -0.4 is 0 Å². The van der Waals surface area contributed by atoms with E-state index in [-0.39, 0.29) is 0 Å². The van der Waals surface area contributed by atoms with Crippen LogP contribution in [0.3, 0.4) is 0 Å². The molecule has 0 heterocycles. The third-order valence-corrected chi connectivity index (χ3v) is 7.25. The van der Waals surface area contributed by atoms with Crippen LogP contribution in [0.5, 0.6) is 0 Å². The van der Waals surface area contributed by atoms with Crippen LogP contribution in [0.2, 0.25) is 0 Å². The van der Waals surface area contributed by atoms with Gasteiger partial charge in [0.05, 0.1) is 0 Å². The molecule has 0 aliphatic heterocycles. The molecule has 0 N–H and O–H groups in total. The van der Waals surface area contributed by atoms with Gasteiger partial charge in [0.15, 0.2) is 0 Å². The van der Waals surface area contributed by atoms with E-state index in [9.17, 15) is 0 Å². The minimum absolute atomic E-state index is 1.24. The summed E-state index contributed by atoms with van der Waals surface area (Å²) in [6, 6.07) is 52.7. The molecular formula is C36H24. The van der Waals surface area contributed by atoms with Crippen molar-refractivity contribution in [2.45, 2.75) is 0 Å². The summed E-state index contributed by atoms with van der Waals surface area (Å²) in [7, 11) is 0. The first-order valence-electron chi connectivity index (χ1n) is 12.5. The fourth-order valence-corrected chi connectivity index (χ4v) is 5.73. The summed E-state index contributed by atoms with van der Waals surface area (Å²) in [5, 5.41) is 7.66. The molecule has 0 fully saturated rings. The third-order valence-electron chi connectivity index (χ3n) is 7.25. The molecule has 0 nitrogen and oxygen atoms in total. The van der Waals surface area contributed by atoms with Crippen LogP contribution >= 0.6 is 0 Å². The smallest absolute Gasteiger partial charge is 0.00199 e. The van der Waals surface area contributed by atoms with Gasteiger partial charge in [-0.1, -0.05) is 146 Å². The van der Waals surface area contributed by atoms with Gasteiger partial charge in [0, 0.05) is 0 Å². The monoisotopic (exact) mass is 456 g/mol. The summed E-state index contributed by atoms with van der Waals surface area (Å²) in [5.41, 5.74) is 7.64. The van der Waals surface area contributed by atoms with E-state index in [1.54, 1.807) is 0 Å². The average molecular weight is 457 g/mol. The molecule has 0 bridgehead atoms. The van der Waals surface area contributed by atoms with E-state index in [1.165, 1.54) is 65.7 Å². The fraction of sp³-hybridized carbons (Fsp3) is 0. The zero-order chi connectivity index (χ0) is 23.9. The van der Waals surface area contributed by atoms with Crippen molar-refractivity contribution in [1.82, 2.24) is 0 Å². The van der Waals surface area contributed by atoms with Gasteiger partial charge >= 0.3 is 0 Å². The Morgan fingerprint density at radius 1 is 0.250 bits per heavy atom. The van der Waals surface area contributed by atoms with E-state index >= 15 is 0 Å². The van der Waals surface area contributed by atoms with Gasteiger partial charge in [-0.05, 0) is 65.7 Å². The molecule has 0 aliphatic carbocycles. The Balaban J connectivity index is 1.69. The van der Waals surface area contributed by atoms with Crippen LogP contribution in [0.1, 0.15) is 0 Å². The topological polar surface area (TPSA) is 0 Å². The van der Waals surface area contributed by atoms with Crippen LogP contribution in [-0.4, -0.2) is 0 Å². The second kappa shape index (κ2) is 8.52. The molecule has 0 unspecified atom stereocenters. The molecular weight excluding hydrogens is 432 g/mol. The van der Waals surface area contributed by atoms with E-state index in [2.05, 4.69) is 146 Å². The Hall–Kier alpha value is -4.68. The highest BCUT2D eigenvalue weighted by atomic mass is 14.2. The van der Waals surface area contributed by atoms with E-state index in [4.69, 9.17) is 0 Å². The zero-order valence-electron chi connectivity index (χ0n) is 19.9. The van der Waals surface area contributed by atoms with Crippen molar-refractivity contribution in [3.8, 4) is 33.4 Å². The molecule has 0 heteroatoms.